The second-order valence-corrected chi connectivity index (χ2v) is 7.87. The maximum Gasteiger partial charge on any atom is 0.125 e. The zero-order valence-electron chi connectivity index (χ0n) is 13.5. The van der Waals surface area contributed by atoms with Gasteiger partial charge in [-0.15, -0.1) is 0 Å². The average Bonchev–Trinajstić information content (AvgIpc) is 2.35. The molecule has 2 aliphatic rings. The lowest BCUT2D eigenvalue weighted by molar-refractivity contribution is -0.0595. The van der Waals surface area contributed by atoms with E-state index >= 15 is 0 Å². The molecule has 0 amide bonds. The molecule has 116 valence electrons. The third-order valence-corrected chi connectivity index (χ3v) is 5.02. The Labute approximate surface area is 127 Å². The predicted octanol–water partition coefficient (Wildman–Crippen LogP) is 4.45. The first kappa shape index (κ1) is 14.8. The van der Waals surface area contributed by atoms with Gasteiger partial charge in [-0.25, -0.2) is 4.39 Å². The first-order chi connectivity index (χ1) is 9.82. The van der Waals surface area contributed by atoms with E-state index in [-0.39, 0.29) is 17.5 Å². The smallest absolute Gasteiger partial charge is 0.125 e. The number of ether oxygens (including phenoxy) is 1. The van der Waals surface area contributed by atoms with E-state index in [0.717, 1.165) is 30.6 Å². The van der Waals surface area contributed by atoms with Gasteiger partial charge in [-0.3, -0.25) is 0 Å². The fourth-order valence-corrected chi connectivity index (χ4v) is 4.80. The minimum atomic E-state index is -0.189. The van der Waals surface area contributed by atoms with E-state index in [1.165, 1.54) is 12.5 Å². The highest BCUT2D eigenvalue weighted by Crippen LogP contribution is 2.52. The molecule has 0 aromatic heterocycles. The van der Waals surface area contributed by atoms with Crippen molar-refractivity contribution in [1.82, 2.24) is 5.32 Å². The number of halogens is 1. The first-order valence-electron chi connectivity index (χ1n) is 7.98. The van der Waals surface area contributed by atoms with Gasteiger partial charge >= 0.3 is 0 Å². The van der Waals surface area contributed by atoms with E-state index in [9.17, 15) is 4.39 Å². The topological polar surface area (TPSA) is 21.3 Å². The van der Waals surface area contributed by atoms with Crippen molar-refractivity contribution in [1.29, 1.82) is 0 Å². The van der Waals surface area contributed by atoms with Crippen LogP contribution in [0.5, 0.6) is 5.75 Å². The van der Waals surface area contributed by atoms with E-state index in [1.807, 2.05) is 7.05 Å². The van der Waals surface area contributed by atoms with E-state index in [4.69, 9.17) is 4.74 Å². The third-order valence-electron chi connectivity index (χ3n) is 5.02. The van der Waals surface area contributed by atoms with Crippen LogP contribution in [-0.2, 0) is 0 Å². The summed E-state index contributed by atoms with van der Waals surface area (Å²) in [6.45, 7) is 6.99. The van der Waals surface area contributed by atoms with Crippen LogP contribution in [0.4, 0.5) is 4.39 Å². The zero-order valence-corrected chi connectivity index (χ0v) is 13.5. The highest BCUT2D eigenvalue weighted by Gasteiger charge is 2.48. The van der Waals surface area contributed by atoms with Gasteiger partial charge in [0, 0.05) is 18.0 Å². The van der Waals surface area contributed by atoms with Gasteiger partial charge in [0.25, 0.3) is 0 Å². The fourth-order valence-electron chi connectivity index (χ4n) is 4.80. The van der Waals surface area contributed by atoms with Crippen molar-refractivity contribution in [2.75, 3.05) is 7.05 Å². The molecule has 1 saturated carbocycles. The van der Waals surface area contributed by atoms with Gasteiger partial charge in [-0.05, 0) is 55.8 Å². The Kier molecular flexibility index (Phi) is 3.52. The Hall–Kier alpha value is -1.09. The van der Waals surface area contributed by atoms with Crippen LogP contribution in [0.2, 0.25) is 0 Å². The molecular formula is C18H26FNO. The van der Waals surface area contributed by atoms with Crippen molar-refractivity contribution < 1.29 is 9.13 Å². The molecule has 0 bridgehead atoms. The van der Waals surface area contributed by atoms with Crippen molar-refractivity contribution in [2.24, 2.45) is 11.3 Å². The van der Waals surface area contributed by atoms with Crippen molar-refractivity contribution in [3.8, 4) is 5.75 Å². The Bertz CT molecular complexity index is 542. The second-order valence-electron chi connectivity index (χ2n) is 7.87. The minimum Gasteiger partial charge on any atom is -0.487 e. The molecule has 3 atom stereocenters. The van der Waals surface area contributed by atoms with Gasteiger partial charge < -0.3 is 10.1 Å². The molecular weight excluding hydrogens is 265 g/mol. The Morgan fingerprint density at radius 3 is 2.67 bits per heavy atom. The van der Waals surface area contributed by atoms with E-state index in [0.29, 0.717) is 11.3 Å². The maximum atomic E-state index is 13.5. The van der Waals surface area contributed by atoms with Crippen LogP contribution >= 0.6 is 0 Å². The summed E-state index contributed by atoms with van der Waals surface area (Å²) in [4.78, 5) is 0. The Morgan fingerprint density at radius 2 is 2.00 bits per heavy atom. The number of hydrogen-bond donors (Lipinski definition) is 1. The average molecular weight is 291 g/mol. The molecule has 1 aromatic rings. The molecule has 3 unspecified atom stereocenters. The van der Waals surface area contributed by atoms with Gasteiger partial charge in [-0.1, -0.05) is 20.8 Å². The standard InChI is InChI=1S/C18H26FNO/c1-12-8-17(2,3)11-18(9-12)10-15(20-4)14-7-13(19)5-6-16(14)21-18/h5-7,12,15,20H,8-11H2,1-4H3. The Balaban J connectivity index is 1.98. The highest BCUT2D eigenvalue weighted by molar-refractivity contribution is 5.39. The monoisotopic (exact) mass is 291 g/mol. The number of hydrogen-bond acceptors (Lipinski definition) is 2. The van der Waals surface area contributed by atoms with Gasteiger partial charge in [0.2, 0.25) is 0 Å². The SMILES string of the molecule is CNC1CC2(CC(C)CC(C)(C)C2)Oc2ccc(F)cc21. The van der Waals surface area contributed by atoms with E-state index in [1.54, 1.807) is 12.1 Å². The van der Waals surface area contributed by atoms with Crippen LogP contribution in [-0.4, -0.2) is 12.6 Å². The van der Waals surface area contributed by atoms with Crippen LogP contribution in [0.3, 0.4) is 0 Å². The summed E-state index contributed by atoms with van der Waals surface area (Å²) in [5, 5.41) is 3.35. The number of nitrogens with one attached hydrogen (secondary N) is 1. The number of benzene rings is 1. The molecule has 1 fully saturated rings. The molecule has 1 aliphatic heterocycles. The summed E-state index contributed by atoms with van der Waals surface area (Å²) in [7, 11) is 1.95. The molecule has 0 radical (unpaired) electrons. The molecule has 2 nitrogen and oxygen atoms in total. The van der Waals surface area contributed by atoms with Gasteiger partial charge in [-0.2, -0.15) is 0 Å². The lowest BCUT2D eigenvalue weighted by atomic mass is 9.63. The minimum absolute atomic E-state index is 0.111. The van der Waals surface area contributed by atoms with Gasteiger partial charge in [0.1, 0.15) is 17.2 Å². The molecule has 3 heteroatoms. The van der Waals surface area contributed by atoms with Crippen molar-refractivity contribution >= 4 is 0 Å². The highest BCUT2D eigenvalue weighted by atomic mass is 19.1. The summed E-state index contributed by atoms with van der Waals surface area (Å²) >= 11 is 0. The van der Waals surface area contributed by atoms with Crippen LogP contribution in [0.15, 0.2) is 18.2 Å². The predicted molar refractivity (Wildman–Crippen MR) is 83.0 cm³/mol. The molecule has 21 heavy (non-hydrogen) atoms. The van der Waals surface area contributed by atoms with E-state index < -0.39 is 0 Å². The number of fused-ring (bicyclic) bond motifs is 1. The summed E-state index contributed by atoms with van der Waals surface area (Å²) < 4.78 is 20.0. The summed E-state index contributed by atoms with van der Waals surface area (Å²) in [6.07, 6.45) is 4.33. The molecule has 1 aromatic carbocycles. The van der Waals surface area contributed by atoms with Gasteiger partial charge in [0.05, 0.1) is 0 Å². The fraction of sp³-hybridized carbons (Fsp3) is 0.667. The third kappa shape index (κ3) is 2.80. The lowest BCUT2D eigenvalue weighted by Gasteiger charge is -2.51. The quantitative estimate of drug-likeness (QED) is 0.825. The zero-order chi connectivity index (χ0) is 15.3. The molecule has 1 spiro atoms. The molecule has 1 aliphatic carbocycles. The first-order valence-corrected chi connectivity index (χ1v) is 7.98. The molecule has 1 heterocycles. The van der Waals surface area contributed by atoms with Crippen LogP contribution in [0.25, 0.3) is 0 Å². The summed E-state index contributed by atoms with van der Waals surface area (Å²) in [6, 6.07) is 5.08. The number of rotatable bonds is 1. The molecule has 0 saturated heterocycles. The Morgan fingerprint density at radius 1 is 1.24 bits per heavy atom. The summed E-state index contributed by atoms with van der Waals surface area (Å²) in [5.74, 6) is 1.33. The second kappa shape index (κ2) is 4.98. The lowest BCUT2D eigenvalue weighted by Crippen LogP contribution is -2.50. The van der Waals surface area contributed by atoms with Crippen LogP contribution in [0.1, 0.15) is 58.1 Å². The van der Waals surface area contributed by atoms with Crippen molar-refractivity contribution in [2.45, 2.75) is 58.1 Å². The van der Waals surface area contributed by atoms with Crippen molar-refractivity contribution in [3.05, 3.63) is 29.6 Å². The van der Waals surface area contributed by atoms with Crippen LogP contribution in [0, 0.1) is 17.2 Å². The maximum absolute atomic E-state index is 13.5. The van der Waals surface area contributed by atoms with Crippen LogP contribution < -0.4 is 10.1 Å². The normalized spacial score (nSPS) is 34.3. The largest absolute Gasteiger partial charge is 0.487 e. The summed E-state index contributed by atoms with van der Waals surface area (Å²) in [5.41, 5.74) is 1.15. The van der Waals surface area contributed by atoms with Crippen molar-refractivity contribution in [3.63, 3.8) is 0 Å². The molecule has 1 N–H and O–H groups in total. The molecule has 3 rings (SSSR count). The van der Waals surface area contributed by atoms with Gasteiger partial charge in [0.15, 0.2) is 0 Å². The van der Waals surface area contributed by atoms with E-state index in [2.05, 4.69) is 26.1 Å².